The minimum absolute atomic E-state index is 0.0661. The molecule has 0 fully saturated rings. The number of amides is 2. The van der Waals surface area contributed by atoms with Gasteiger partial charge in [-0.15, -0.1) is 0 Å². The number of hydrogen-bond acceptors (Lipinski definition) is 3. The van der Waals surface area contributed by atoms with Crippen molar-refractivity contribution in [1.29, 1.82) is 0 Å². The van der Waals surface area contributed by atoms with Gasteiger partial charge in [-0.2, -0.15) is 0 Å². The molecule has 0 saturated heterocycles. The van der Waals surface area contributed by atoms with Crippen molar-refractivity contribution in [2.24, 2.45) is 0 Å². The molecule has 2 aromatic rings. The third-order valence-corrected chi connectivity index (χ3v) is 2.71. The number of pyridine rings is 1. The number of carbonyl (C=O) groups is 2. The van der Waals surface area contributed by atoms with Crippen LogP contribution in [0.2, 0.25) is 0 Å². The Hall–Kier alpha value is -2.89. The topological polar surface area (TPSA) is 82.5 Å². The van der Waals surface area contributed by atoms with Gasteiger partial charge in [-0.3, -0.25) is 9.88 Å². The van der Waals surface area contributed by atoms with E-state index in [1.165, 1.54) is 24.2 Å². The van der Waals surface area contributed by atoms with Gasteiger partial charge < -0.3 is 10.4 Å². The molecule has 0 aliphatic carbocycles. The summed E-state index contributed by atoms with van der Waals surface area (Å²) in [5.74, 6) is -1.08. The molecule has 0 atom stereocenters. The minimum atomic E-state index is -1.08. The highest BCUT2D eigenvalue weighted by atomic mass is 16.4. The zero-order valence-corrected chi connectivity index (χ0v) is 10.8. The van der Waals surface area contributed by atoms with E-state index < -0.39 is 12.0 Å². The Kier molecular flexibility index (Phi) is 3.95. The molecule has 2 amide bonds. The van der Waals surface area contributed by atoms with Gasteiger partial charge in [0.05, 0.1) is 23.1 Å². The van der Waals surface area contributed by atoms with Crippen LogP contribution in [-0.2, 0) is 0 Å². The summed E-state index contributed by atoms with van der Waals surface area (Å²) in [6.45, 7) is 0. The van der Waals surface area contributed by atoms with Crippen molar-refractivity contribution in [1.82, 2.24) is 4.98 Å². The highest BCUT2D eigenvalue weighted by Crippen LogP contribution is 2.20. The van der Waals surface area contributed by atoms with Crippen molar-refractivity contribution in [3.8, 4) is 0 Å². The lowest BCUT2D eigenvalue weighted by atomic mass is 10.1. The summed E-state index contributed by atoms with van der Waals surface area (Å²) in [4.78, 5) is 28.4. The quantitative estimate of drug-likeness (QED) is 0.898. The molecule has 0 bridgehead atoms. The standard InChI is InChI=1S/C14H13N3O3/c1-17(12-7-3-2-6-11(12)13(18)19)14(20)16-10-5-4-8-15-9-10/h2-9H,1H3,(H,16,20)(H,18,19). The van der Waals surface area contributed by atoms with E-state index in [0.717, 1.165) is 0 Å². The first kappa shape index (κ1) is 13.5. The third-order valence-electron chi connectivity index (χ3n) is 2.71. The number of urea groups is 1. The lowest BCUT2D eigenvalue weighted by Crippen LogP contribution is -2.32. The Morgan fingerprint density at radius 2 is 1.95 bits per heavy atom. The third kappa shape index (κ3) is 2.92. The van der Waals surface area contributed by atoms with E-state index in [0.29, 0.717) is 11.4 Å². The molecule has 0 unspecified atom stereocenters. The number of carboxylic acid groups (broad SMARTS) is 1. The van der Waals surface area contributed by atoms with Crippen LogP contribution in [0.5, 0.6) is 0 Å². The zero-order valence-electron chi connectivity index (χ0n) is 10.8. The van der Waals surface area contributed by atoms with E-state index in [4.69, 9.17) is 5.11 Å². The van der Waals surface area contributed by atoms with Gasteiger partial charge in [-0.1, -0.05) is 12.1 Å². The van der Waals surface area contributed by atoms with Crippen molar-refractivity contribution < 1.29 is 14.7 Å². The van der Waals surface area contributed by atoms with Crippen LogP contribution < -0.4 is 10.2 Å². The molecule has 0 aliphatic heterocycles. The Labute approximate surface area is 115 Å². The Bertz CT molecular complexity index is 629. The van der Waals surface area contributed by atoms with Gasteiger partial charge in [-0.25, -0.2) is 9.59 Å². The van der Waals surface area contributed by atoms with Gasteiger partial charge >= 0.3 is 12.0 Å². The number of carboxylic acids is 1. The van der Waals surface area contributed by atoms with Gasteiger partial charge in [0.1, 0.15) is 0 Å². The van der Waals surface area contributed by atoms with Crippen molar-refractivity contribution in [3.63, 3.8) is 0 Å². The summed E-state index contributed by atoms with van der Waals surface area (Å²) in [5, 5.41) is 11.8. The fraction of sp³-hybridized carbons (Fsp3) is 0.0714. The minimum Gasteiger partial charge on any atom is -0.478 e. The largest absolute Gasteiger partial charge is 0.478 e. The van der Waals surface area contributed by atoms with Crippen molar-refractivity contribution in [2.75, 3.05) is 17.3 Å². The lowest BCUT2D eigenvalue weighted by Gasteiger charge is -2.19. The average molecular weight is 271 g/mol. The number of anilines is 2. The number of benzene rings is 1. The molecule has 1 heterocycles. The second kappa shape index (κ2) is 5.83. The molecule has 102 valence electrons. The first-order valence-electron chi connectivity index (χ1n) is 5.86. The van der Waals surface area contributed by atoms with E-state index in [1.807, 2.05) is 0 Å². The maximum absolute atomic E-state index is 12.1. The van der Waals surface area contributed by atoms with Crippen LogP contribution in [-0.4, -0.2) is 29.1 Å². The highest BCUT2D eigenvalue weighted by Gasteiger charge is 2.17. The van der Waals surface area contributed by atoms with Crippen molar-refractivity contribution >= 4 is 23.4 Å². The fourth-order valence-electron chi connectivity index (χ4n) is 1.70. The number of para-hydroxylation sites is 1. The normalized spacial score (nSPS) is 9.85. The summed E-state index contributed by atoms with van der Waals surface area (Å²) < 4.78 is 0. The molecule has 6 heteroatoms. The second-order valence-electron chi connectivity index (χ2n) is 4.05. The molecular weight excluding hydrogens is 258 g/mol. The summed E-state index contributed by atoms with van der Waals surface area (Å²) in [6, 6.07) is 9.27. The van der Waals surface area contributed by atoms with E-state index in [-0.39, 0.29) is 5.56 Å². The number of aromatic carboxylic acids is 1. The van der Waals surface area contributed by atoms with Gasteiger partial charge in [0.15, 0.2) is 0 Å². The summed E-state index contributed by atoms with van der Waals surface area (Å²) in [5.41, 5.74) is 0.926. The van der Waals surface area contributed by atoms with Crippen LogP contribution in [0.3, 0.4) is 0 Å². The molecule has 6 nitrogen and oxygen atoms in total. The fourth-order valence-corrected chi connectivity index (χ4v) is 1.70. The number of carbonyl (C=O) groups excluding carboxylic acids is 1. The molecular formula is C14H13N3O3. The zero-order chi connectivity index (χ0) is 14.5. The Morgan fingerprint density at radius 3 is 2.60 bits per heavy atom. The Balaban J connectivity index is 2.21. The van der Waals surface area contributed by atoms with Gasteiger partial charge in [-0.05, 0) is 24.3 Å². The average Bonchev–Trinajstić information content (AvgIpc) is 2.47. The van der Waals surface area contributed by atoms with E-state index in [2.05, 4.69) is 10.3 Å². The highest BCUT2D eigenvalue weighted by molar-refractivity contribution is 6.05. The van der Waals surface area contributed by atoms with E-state index in [1.54, 1.807) is 36.5 Å². The summed E-state index contributed by atoms with van der Waals surface area (Å²) >= 11 is 0. The van der Waals surface area contributed by atoms with Crippen LogP contribution in [0, 0.1) is 0 Å². The number of nitrogens with one attached hydrogen (secondary N) is 1. The van der Waals surface area contributed by atoms with Gasteiger partial charge in [0.2, 0.25) is 0 Å². The van der Waals surface area contributed by atoms with Crippen molar-refractivity contribution in [2.45, 2.75) is 0 Å². The van der Waals surface area contributed by atoms with Gasteiger partial charge in [0.25, 0.3) is 0 Å². The summed E-state index contributed by atoms with van der Waals surface area (Å²) in [7, 11) is 1.51. The number of rotatable bonds is 3. The van der Waals surface area contributed by atoms with Gasteiger partial charge in [0, 0.05) is 13.2 Å². The molecule has 0 spiro atoms. The predicted octanol–water partition coefficient (Wildman–Crippen LogP) is 2.45. The maximum atomic E-state index is 12.1. The smallest absolute Gasteiger partial charge is 0.337 e. The van der Waals surface area contributed by atoms with Crippen LogP contribution in [0.1, 0.15) is 10.4 Å². The monoisotopic (exact) mass is 271 g/mol. The van der Waals surface area contributed by atoms with Crippen LogP contribution in [0.15, 0.2) is 48.8 Å². The molecule has 0 radical (unpaired) electrons. The van der Waals surface area contributed by atoms with Crippen molar-refractivity contribution in [3.05, 3.63) is 54.4 Å². The Morgan fingerprint density at radius 1 is 1.20 bits per heavy atom. The molecule has 2 N–H and O–H groups in total. The molecule has 2 rings (SSSR count). The SMILES string of the molecule is CN(C(=O)Nc1cccnc1)c1ccccc1C(=O)O. The van der Waals surface area contributed by atoms with Crippen LogP contribution in [0.4, 0.5) is 16.2 Å². The lowest BCUT2D eigenvalue weighted by molar-refractivity contribution is 0.0697. The molecule has 0 aliphatic rings. The molecule has 1 aromatic heterocycles. The first-order chi connectivity index (χ1) is 9.59. The van der Waals surface area contributed by atoms with Crippen LogP contribution >= 0.6 is 0 Å². The summed E-state index contributed by atoms with van der Waals surface area (Å²) in [6.07, 6.45) is 3.11. The van der Waals surface area contributed by atoms with Crippen LogP contribution in [0.25, 0.3) is 0 Å². The molecule has 20 heavy (non-hydrogen) atoms. The number of aromatic nitrogens is 1. The predicted molar refractivity (Wildman–Crippen MR) is 75.1 cm³/mol. The molecule has 0 saturated carbocycles. The first-order valence-corrected chi connectivity index (χ1v) is 5.86. The second-order valence-corrected chi connectivity index (χ2v) is 4.05. The molecule has 1 aromatic carbocycles. The van der Waals surface area contributed by atoms with E-state index >= 15 is 0 Å². The maximum Gasteiger partial charge on any atom is 0.337 e. The van der Waals surface area contributed by atoms with E-state index in [9.17, 15) is 9.59 Å². The number of hydrogen-bond donors (Lipinski definition) is 2. The number of nitrogens with zero attached hydrogens (tertiary/aromatic N) is 2.